The minimum atomic E-state index is 0.359. The van der Waals surface area contributed by atoms with E-state index in [1.54, 1.807) is 16.0 Å². The third-order valence-corrected chi connectivity index (χ3v) is 5.35. The van der Waals surface area contributed by atoms with Crippen molar-refractivity contribution in [2.24, 2.45) is 0 Å². The molecule has 3 heterocycles. The minimum Gasteiger partial charge on any atom is -0.337 e. The molecule has 1 aromatic carbocycles. The van der Waals surface area contributed by atoms with Crippen molar-refractivity contribution < 1.29 is 0 Å². The van der Waals surface area contributed by atoms with Gasteiger partial charge in [-0.2, -0.15) is 4.68 Å². The van der Waals surface area contributed by atoms with E-state index in [4.69, 9.17) is 0 Å². The SMILES string of the molecule is CC(c1nccs1)N1CCN(c2nnnn2-c2ccccc2)CC1. The second-order valence-electron chi connectivity index (χ2n) is 5.80. The van der Waals surface area contributed by atoms with Gasteiger partial charge in [-0.25, -0.2) is 4.98 Å². The summed E-state index contributed by atoms with van der Waals surface area (Å²) in [6.07, 6.45) is 1.88. The summed E-state index contributed by atoms with van der Waals surface area (Å²) in [6.45, 7) is 5.99. The molecule has 0 radical (unpaired) electrons. The number of benzene rings is 1. The second-order valence-corrected chi connectivity index (χ2v) is 6.72. The van der Waals surface area contributed by atoms with Gasteiger partial charge in [0.15, 0.2) is 0 Å². The summed E-state index contributed by atoms with van der Waals surface area (Å²) < 4.78 is 1.81. The molecule has 24 heavy (non-hydrogen) atoms. The summed E-state index contributed by atoms with van der Waals surface area (Å²) in [5, 5.41) is 15.5. The van der Waals surface area contributed by atoms with Crippen molar-refractivity contribution >= 4 is 17.3 Å². The molecular formula is C16H19N7S. The zero-order chi connectivity index (χ0) is 16.4. The van der Waals surface area contributed by atoms with E-state index >= 15 is 0 Å². The van der Waals surface area contributed by atoms with E-state index in [9.17, 15) is 0 Å². The molecule has 1 fully saturated rings. The molecule has 1 aliphatic rings. The summed E-state index contributed by atoms with van der Waals surface area (Å²) in [6, 6.07) is 10.4. The first-order valence-corrected chi connectivity index (χ1v) is 8.93. The van der Waals surface area contributed by atoms with E-state index in [-0.39, 0.29) is 0 Å². The Kier molecular flexibility index (Phi) is 4.22. The van der Waals surface area contributed by atoms with Crippen molar-refractivity contribution in [3.05, 3.63) is 46.9 Å². The lowest BCUT2D eigenvalue weighted by atomic mass is 10.2. The summed E-state index contributed by atoms with van der Waals surface area (Å²) >= 11 is 1.72. The number of para-hydroxylation sites is 1. The van der Waals surface area contributed by atoms with Gasteiger partial charge in [0.1, 0.15) is 5.01 Å². The number of thiazole rings is 1. The normalized spacial score (nSPS) is 17.1. The molecule has 0 bridgehead atoms. The van der Waals surface area contributed by atoms with Gasteiger partial charge in [-0.05, 0) is 29.5 Å². The molecule has 1 saturated heterocycles. The maximum Gasteiger partial charge on any atom is 0.250 e. The Balaban J connectivity index is 1.46. The van der Waals surface area contributed by atoms with Crippen LogP contribution in [0.15, 0.2) is 41.9 Å². The molecule has 124 valence electrons. The van der Waals surface area contributed by atoms with E-state index < -0.39 is 0 Å². The van der Waals surface area contributed by atoms with Crippen molar-refractivity contribution in [2.45, 2.75) is 13.0 Å². The fourth-order valence-corrected chi connectivity index (χ4v) is 3.75. The predicted molar refractivity (Wildman–Crippen MR) is 93.5 cm³/mol. The van der Waals surface area contributed by atoms with Crippen LogP contribution in [0.5, 0.6) is 0 Å². The van der Waals surface area contributed by atoms with Crippen molar-refractivity contribution in [3.8, 4) is 5.69 Å². The van der Waals surface area contributed by atoms with Gasteiger partial charge in [0.05, 0.1) is 11.7 Å². The van der Waals surface area contributed by atoms with Gasteiger partial charge < -0.3 is 4.90 Å². The van der Waals surface area contributed by atoms with Gasteiger partial charge >= 0.3 is 0 Å². The van der Waals surface area contributed by atoms with E-state index in [1.807, 2.05) is 41.9 Å². The molecule has 2 aromatic heterocycles. The molecule has 1 aliphatic heterocycles. The lowest BCUT2D eigenvalue weighted by molar-refractivity contribution is 0.197. The van der Waals surface area contributed by atoms with Crippen molar-refractivity contribution in [3.63, 3.8) is 0 Å². The number of anilines is 1. The smallest absolute Gasteiger partial charge is 0.250 e. The number of aromatic nitrogens is 5. The first kappa shape index (κ1) is 15.2. The van der Waals surface area contributed by atoms with Crippen molar-refractivity contribution in [2.75, 3.05) is 31.1 Å². The fraction of sp³-hybridized carbons (Fsp3) is 0.375. The number of nitrogens with zero attached hydrogens (tertiary/aromatic N) is 7. The number of tetrazole rings is 1. The summed E-state index contributed by atoms with van der Waals surface area (Å²) in [5.74, 6) is 0.808. The molecule has 1 atom stereocenters. The van der Waals surface area contributed by atoms with Crippen LogP contribution in [0, 0.1) is 0 Å². The van der Waals surface area contributed by atoms with Crippen LogP contribution in [-0.2, 0) is 0 Å². The Morgan fingerprint density at radius 3 is 2.58 bits per heavy atom. The molecule has 1 unspecified atom stereocenters. The van der Waals surface area contributed by atoms with Crippen LogP contribution >= 0.6 is 11.3 Å². The molecule has 0 spiro atoms. The van der Waals surface area contributed by atoms with Crippen LogP contribution in [0.3, 0.4) is 0 Å². The van der Waals surface area contributed by atoms with E-state index in [0.29, 0.717) is 6.04 Å². The number of rotatable bonds is 4. The zero-order valence-electron chi connectivity index (χ0n) is 13.5. The van der Waals surface area contributed by atoms with E-state index in [2.05, 4.69) is 37.2 Å². The van der Waals surface area contributed by atoms with E-state index in [0.717, 1.165) is 37.8 Å². The second kappa shape index (κ2) is 6.66. The van der Waals surface area contributed by atoms with Crippen LogP contribution in [-0.4, -0.2) is 56.3 Å². The Hall–Kier alpha value is -2.32. The monoisotopic (exact) mass is 341 g/mol. The molecule has 4 rings (SSSR count). The number of hydrogen-bond acceptors (Lipinski definition) is 7. The fourth-order valence-electron chi connectivity index (χ4n) is 3.02. The highest BCUT2D eigenvalue weighted by molar-refractivity contribution is 7.09. The van der Waals surface area contributed by atoms with Crippen molar-refractivity contribution in [1.82, 2.24) is 30.1 Å². The summed E-state index contributed by atoms with van der Waals surface area (Å²) in [5.41, 5.74) is 0.982. The Bertz CT molecular complexity index is 763. The highest BCUT2D eigenvalue weighted by Gasteiger charge is 2.26. The van der Waals surface area contributed by atoms with Gasteiger partial charge in [0.2, 0.25) is 5.95 Å². The lowest BCUT2D eigenvalue weighted by Crippen LogP contribution is -2.48. The highest BCUT2D eigenvalue weighted by Crippen LogP contribution is 2.24. The highest BCUT2D eigenvalue weighted by atomic mass is 32.1. The molecule has 0 amide bonds. The van der Waals surface area contributed by atoms with Crippen LogP contribution in [0.25, 0.3) is 5.69 Å². The van der Waals surface area contributed by atoms with Gasteiger partial charge in [-0.1, -0.05) is 23.3 Å². The maximum absolute atomic E-state index is 4.44. The lowest BCUT2D eigenvalue weighted by Gasteiger charge is -2.37. The van der Waals surface area contributed by atoms with E-state index in [1.165, 1.54) is 5.01 Å². The predicted octanol–water partition coefficient (Wildman–Crippen LogP) is 2.00. The molecule has 3 aromatic rings. The quantitative estimate of drug-likeness (QED) is 0.723. The van der Waals surface area contributed by atoms with Crippen LogP contribution in [0.2, 0.25) is 0 Å². The summed E-state index contributed by atoms with van der Waals surface area (Å²) in [4.78, 5) is 9.15. The average molecular weight is 341 g/mol. The largest absolute Gasteiger partial charge is 0.337 e. The Labute approximate surface area is 144 Å². The van der Waals surface area contributed by atoms with Gasteiger partial charge in [-0.3, -0.25) is 4.90 Å². The molecule has 0 N–H and O–H groups in total. The molecular weight excluding hydrogens is 322 g/mol. The molecule has 0 saturated carbocycles. The number of hydrogen-bond donors (Lipinski definition) is 0. The number of piperazine rings is 1. The van der Waals surface area contributed by atoms with Crippen LogP contribution in [0.1, 0.15) is 18.0 Å². The van der Waals surface area contributed by atoms with Gasteiger partial charge in [0, 0.05) is 37.8 Å². The van der Waals surface area contributed by atoms with Crippen LogP contribution in [0.4, 0.5) is 5.95 Å². The molecule has 8 heteroatoms. The third kappa shape index (κ3) is 2.90. The van der Waals surface area contributed by atoms with Gasteiger partial charge in [0.25, 0.3) is 0 Å². The summed E-state index contributed by atoms with van der Waals surface area (Å²) in [7, 11) is 0. The van der Waals surface area contributed by atoms with Crippen molar-refractivity contribution in [1.29, 1.82) is 0 Å². The molecule has 0 aliphatic carbocycles. The van der Waals surface area contributed by atoms with Crippen LogP contribution < -0.4 is 4.90 Å². The zero-order valence-corrected chi connectivity index (χ0v) is 14.3. The first-order chi connectivity index (χ1) is 11.8. The topological polar surface area (TPSA) is 63.0 Å². The average Bonchev–Trinajstić information content (AvgIpc) is 3.34. The van der Waals surface area contributed by atoms with Gasteiger partial charge in [-0.15, -0.1) is 11.3 Å². The maximum atomic E-state index is 4.44. The minimum absolute atomic E-state index is 0.359. The Morgan fingerprint density at radius 1 is 1.08 bits per heavy atom. The third-order valence-electron chi connectivity index (χ3n) is 4.41. The standard InChI is InChI=1S/C16H19N7S/c1-13(15-17-7-12-24-15)21-8-10-22(11-9-21)16-18-19-20-23(16)14-5-3-2-4-6-14/h2-7,12-13H,8-11H2,1H3. The molecule has 7 nitrogen and oxygen atoms in total. The first-order valence-electron chi connectivity index (χ1n) is 8.05. The Morgan fingerprint density at radius 2 is 1.88 bits per heavy atom.